The van der Waals surface area contributed by atoms with Crippen molar-refractivity contribution >= 4 is 34.1 Å². The predicted molar refractivity (Wildman–Crippen MR) is 148 cm³/mol. The summed E-state index contributed by atoms with van der Waals surface area (Å²) in [5, 5.41) is 0. The summed E-state index contributed by atoms with van der Waals surface area (Å²) < 4.78 is 0. The first-order valence-electron chi connectivity index (χ1n) is 12.1. The molecule has 0 fully saturated rings. The number of anilines is 6. The first kappa shape index (κ1) is 21.2. The summed E-state index contributed by atoms with van der Waals surface area (Å²) in [5.74, 6) is 0. The SMILES string of the molecule is CC1(C)c2ccccc2N(c2ccccc2)c2cc(N(c3ccccc3)c3ccccc3)ccc21. The fraction of sp³-hybridized carbons (Fsp3) is 0.0909. The molecule has 0 bridgehead atoms. The van der Waals surface area contributed by atoms with Crippen LogP contribution < -0.4 is 9.80 Å². The van der Waals surface area contributed by atoms with Crippen LogP contribution in [0.5, 0.6) is 0 Å². The summed E-state index contributed by atoms with van der Waals surface area (Å²) in [5.41, 5.74) is 9.59. The van der Waals surface area contributed by atoms with E-state index in [0.717, 1.165) is 17.1 Å². The van der Waals surface area contributed by atoms with Gasteiger partial charge in [0.15, 0.2) is 0 Å². The normalized spacial score (nSPS) is 13.6. The zero-order chi connectivity index (χ0) is 23.8. The summed E-state index contributed by atoms with van der Waals surface area (Å²) in [7, 11) is 0. The van der Waals surface area contributed by atoms with Gasteiger partial charge in [0.05, 0.1) is 11.4 Å². The molecule has 0 saturated heterocycles. The molecular formula is C33H28N2. The van der Waals surface area contributed by atoms with Gasteiger partial charge >= 0.3 is 0 Å². The van der Waals surface area contributed by atoms with Crippen molar-refractivity contribution in [2.75, 3.05) is 9.80 Å². The Morgan fingerprint density at radius 2 is 1.00 bits per heavy atom. The molecule has 0 aromatic heterocycles. The summed E-state index contributed by atoms with van der Waals surface area (Å²) in [6.45, 7) is 4.66. The van der Waals surface area contributed by atoms with Gasteiger partial charge in [0.1, 0.15) is 0 Å². The Bertz CT molecular complexity index is 1420. The molecule has 0 radical (unpaired) electrons. The maximum atomic E-state index is 2.41. The van der Waals surface area contributed by atoms with Gasteiger partial charge in [-0.3, -0.25) is 0 Å². The molecule has 2 heteroatoms. The summed E-state index contributed by atoms with van der Waals surface area (Å²) >= 11 is 0. The van der Waals surface area contributed by atoms with Crippen LogP contribution in [0.2, 0.25) is 0 Å². The molecule has 1 heterocycles. The number of rotatable bonds is 4. The molecule has 5 aromatic rings. The number of benzene rings is 5. The fourth-order valence-corrected chi connectivity index (χ4v) is 5.30. The van der Waals surface area contributed by atoms with E-state index in [4.69, 9.17) is 0 Å². The lowest BCUT2D eigenvalue weighted by molar-refractivity contribution is 0.632. The molecule has 0 saturated carbocycles. The fourth-order valence-electron chi connectivity index (χ4n) is 5.30. The lowest BCUT2D eigenvalue weighted by Gasteiger charge is -2.42. The van der Waals surface area contributed by atoms with Crippen LogP contribution in [0.1, 0.15) is 25.0 Å². The highest BCUT2D eigenvalue weighted by atomic mass is 15.2. The Hall–Kier alpha value is -4.30. The van der Waals surface area contributed by atoms with Gasteiger partial charge in [0, 0.05) is 28.2 Å². The van der Waals surface area contributed by atoms with Crippen LogP contribution in [0.25, 0.3) is 0 Å². The van der Waals surface area contributed by atoms with Crippen LogP contribution in [0.3, 0.4) is 0 Å². The first-order chi connectivity index (χ1) is 17.1. The molecule has 0 spiro atoms. The summed E-state index contributed by atoms with van der Waals surface area (Å²) in [6, 6.07) is 47.6. The third-order valence-corrected chi connectivity index (χ3v) is 7.02. The molecule has 0 amide bonds. The Balaban J connectivity index is 1.60. The van der Waals surface area contributed by atoms with E-state index in [9.17, 15) is 0 Å². The smallest absolute Gasteiger partial charge is 0.0523 e. The van der Waals surface area contributed by atoms with Crippen molar-refractivity contribution in [1.29, 1.82) is 0 Å². The number of para-hydroxylation sites is 4. The molecule has 5 aromatic carbocycles. The quantitative estimate of drug-likeness (QED) is 0.268. The number of nitrogens with zero attached hydrogens (tertiary/aromatic N) is 2. The molecule has 1 aliphatic heterocycles. The lowest BCUT2D eigenvalue weighted by Crippen LogP contribution is -2.30. The molecule has 0 atom stereocenters. The maximum absolute atomic E-state index is 2.41. The highest BCUT2D eigenvalue weighted by Crippen LogP contribution is 2.53. The van der Waals surface area contributed by atoms with E-state index >= 15 is 0 Å². The van der Waals surface area contributed by atoms with E-state index in [0.29, 0.717) is 0 Å². The molecule has 1 aliphatic rings. The van der Waals surface area contributed by atoms with E-state index in [1.165, 1.54) is 28.2 Å². The molecule has 6 rings (SSSR count). The summed E-state index contributed by atoms with van der Waals surface area (Å²) in [6.07, 6.45) is 0. The average molecular weight is 453 g/mol. The van der Waals surface area contributed by atoms with Crippen LogP contribution in [0, 0.1) is 0 Å². The molecule has 0 N–H and O–H groups in total. The molecule has 0 aliphatic carbocycles. The maximum Gasteiger partial charge on any atom is 0.0523 e. The Labute approximate surface area is 207 Å². The molecular weight excluding hydrogens is 424 g/mol. The van der Waals surface area contributed by atoms with Gasteiger partial charge in [-0.2, -0.15) is 0 Å². The molecule has 35 heavy (non-hydrogen) atoms. The van der Waals surface area contributed by atoms with Crippen LogP contribution in [0.15, 0.2) is 133 Å². The standard InChI is InChI=1S/C33H28N2/c1-33(2)29-20-12-13-21-31(29)35(27-18-10-5-11-19-27)32-24-28(22-23-30(32)33)34(25-14-6-3-7-15-25)26-16-8-4-9-17-26/h3-24H,1-2H3. The van der Waals surface area contributed by atoms with Crippen molar-refractivity contribution < 1.29 is 0 Å². The van der Waals surface area contributed by atoms with Crippen LogP contribution in [-0.2, 0) is 5.41 Å². The van der Waals surface area contributed by atoms with Gasteiger partial charge in [-0.05, 0) is 65.7 Å². The van der Waals surface area contributed by atoms with E-state index in [-0.39, 0.29) is 5.41 Å². The van der Waals surface area contributed by atoms with Crippen molar-refractivity contribution in [3.05, 3.63) is 145 Å². The number of hydrogen-bond donors (Lipinski definition) is 0. The minimum Gasteiger partial charge on any atom is -0.310 e. The van der Waals surface area contributed by atoms with Gasteiger partial charge in [0.25, 0.3) is 0 Å². The third-order valence-electron chi connectivity index (χ3n) is 7.02. The van der Waals surface area contributed by atoms with Crippen molar-refractivity contribution in [3.8, 4) is 0 Å². The van der Waals surface area contributed by atoms with Crippen molar-refractivity contribution in [2.24, 2.45) is 0 Å². The second-order valence-electron chi connectivity index (χ2n) is 9.52. The average Bonchev–Trinajstić information content (AvgIpc) is 2.91. The second kappa shape index (κ2) is 8.48. The van der Waals surface area contributed by atoms with E-state index in [1.807, 2.05) is 0 Å². The Morgan fingerprint density at radius 1 is 0.486 bits per heavy atom. The van der Waals surface area contributed by atoms with E-state index < -0.39 is 0 Å². The summed E-state index contributed by atoms with van der Waals surface area (Å²) in [4.78, 5) is 4.74. The predicted octanol–water partition coefficient (Wildman–Crippen LogP) is 9.27. The van der Waals surface area contributed by atoms with Crippen LogP contribution in [-0.4, -0.2) is 0 Å². The van der Waals surface area contributed by atoms with E-state index in [2.05, 4.69) is 157 Å². The molecule has 2 nitrogen and oxygen atoms in total. The van der Waals surface area contributed by atoms with Crippen LogP contribution >= 0.6 is 0 Å². The molecule has 170 valence electrons. The zero-order valence-electron chi connectivity index (χ0n) is 20.1. The topological polar surface area (TPSA) is 6.48 Å². The highest BCUT2D eigenvalue weighted by Gasteiger charge is 2.37. The Kier molecular flexibility index (Phi) is 5.15. The Morgan fingerprint density at radius 3 is 1.63 bits per heavy atom. The van der Waals surface area contributed by atoms with Crippen molar-refractivity contribution in [1.82, 2.24) is 0 Å². The second-order valence-corrected chi connectivity index (χ2v) is 9.52. The minimum absolute atomic E-state index is 0.111. The number of hydrogen-bond acceptors (Lipinski definition) is 2. The minimum atomic E-state index is -0.111. The largest absolute Gasteiger partial charge is 0.310 e. The lowest BCUT2D eigenvalue weighted by atomic mass is 9.73. The monoisotopic (exact) mass is 452 g/mol. The number of fused-ring (bicyclic) bond motifs is 2. The third kappa shape index (κ3) is 3.59. The van der Waals surface area contributed by atoms with Gasteiger partial charge in [0.2, 0.25) is 0 Å². The van der Waals surface area contributed by atoms with Gasteiger partial charge in [-0.25, -0.2) is 0 Å². The zero-order valence-corrected chi connectivity index (χ0v) is 20.1. The van der Waals surface area contributed by atoms with E-state index in [1.54, 1.807) is 0 Å². The first-order valence-corrected chi connectivity index (χ1v) is 12.1. The van der Waals surface area contributed by atoms with Crippen LogP contribution in [0.4, 0.5) is 34.1 Å². The van der Waals surface area contributed by atoms with Gasteiger partial charge in [-0.15, -0.1) is 0 Å². The van der Waals surface area contributed by atoms with Gasteiger partial charge in [-0.1, -0.05) is 92.7 Å². The van der Waals surface area contributed by atoms with Crippen molar-refractivity contribution in [3.63, 3.8) is 0 Å². The molecule has 0 unspecified atom stereocenters. The van der Waals surface area contributed by atoms with Crippen molar-refractivity contribution in [2.45, 2.75) is 19.3 Å². The highest BCUT2D eigenvalue weighted by molar-refractivity contribution is 5.89. The van der Waals surface area contributed by atoms with Gasteiger partial charge < -0.3 is 9.80 Å².